The van der Waals surface area contributed by atoms with E-state index in [4.69, 9.17) is 14.2 Å². The highest BCUT2D eigenvalue weighted by molar-refractivity contribution is 9.10. The molecule has 3 aromatic rings. The molecule has 3 aromatic carbocycles. The van der Waals surface area contributed by atoms with Gasteiger partial charge in [-0.15, -0.1) is 0 Å². The second kappa shape index (κ2) is 8.55. The Kier molecular flexibility index (Phi) is 5.68. The first-order valence-electron chi connectivity index (χ1n) is 9.18. The third-order valence-corrected chi connectivity index (χ3v) is 5.34. The predicted molar refractivity (Wildman–Crippen MR) is 116 cm³/mol. The Labute approximate surface area is 182 Å². The Balaban J connectivity index is 1.46. The summed E-state index contributed by atoms with van der Waals surface area (Å²) in [6.45, 7) is 0.313. The molecule has 0 spiro atoms. The van der Waals surface area contributed by atoms with Crippen molar-refractivity contribution < 1.29 is 23.8 Å². The SMILES string of the molecule is COC(=O)c1ccc(COc2ccc3c(c2)O/C(=C\c2ccccc2Br)C3=O)cc1. The number of esters is 1. The Morgan fingerprint density at radius 3 is 2.57 bits per heavy atom. The maximum Gasteiger partial charge on any atom is 0.337 e. The molecular formula is C24H17BrO5. The van der Waals surface area contributed by atoms with Crippen LogP contribution in [0.15, 0.2) is 77.0 Å². The Bertz CT molecular complexity index is 1150. The van der Waals surface area contributed by atoms with Crippen LogP contribution in [-0.4, -0.2) is 18.9 Å². The number of ketones is 1. The first kappa shape index (κ1) is 19.9. The van der Waals surface area contributed by atoms with Crippen LogP contribution in [0.2, 0.25) is 0 Å². The van der Waals surface area contributed by atoms with Crippen LogP contribution in [-0.2, 0) is 11.3 Å². The van der Waals surface area contributed by atoms with E-state index in [1.165, 1.54) is 7.11 Å². The average Bonchev–Trinajstić information content (AvgIpc) is 3.08. The molecule has 0 aromatic heterocycles. The van der Waals surface area contributed by atoms with E-state index < -0.39 is 0 Å². The lowest BCUT2D eigenvalue weighted by Gasteiger charge is -2.08. The van der Waals surface area contributed by atoms with Crippen molar-refractivity contribution in [2.24, 2.45) is 0 Å². The van der Waals surface area contributed by atoms with Crippen LogP contribution < -0.4 is 9.47 Å². The van der Waals surface area contributed by atoms with E-state index in [0.717, 1.165) is 15.6 Å². The van der Waals surface area contributed by atoms with Gasteiger partial charge in [-0.3, -0.25) is 4.79 Å². The zero-order chi connectivity index (χ0) is 21.1. The number of halogens is 1. The fourth-order valence-electron chi connectivity index (χ4n) is 3.01. The number of hydrogen-bond donors (Lipinski definition) is 0. The van der Waals surface area contributed by atoms with E-state index >= 15 is 0 Å². The van der Waals surface area contributed by atoms with Gasteiger partial charge in [0, 0.05) is 10.5 Å². The quantitative estimate of drug-likeness (QED) is 0.372. The molecule has 6 heteroatoms. The zero-order valence-corrected chi connectivity index (χ0v) is 17.6. The molecule has 0 bridgehead atoms. The highest BCUT2D eigenvalue weighted by Crippen LogP contribution is 2.35. The Morgan fingerprint density at radius 2 is 1.83 bits per heavy atom. The van der Waals surface area contributed by atoms with Crippen LogP contribution in [0.4, 0.5) is 0 Å². The molecule has 0 radical (unpaired) electrons. The summed E-state index contributed by atoms with van der Waals surface area (Å²) in [4.78, 5) is 24.1. The van der Waals surface area contributed by atoms with Crippen molar-refractivity contribution >= 4 is 33.8 Å². The van der Waals surface area contributed by atoms with Crippen LogP contribution in [0.25, 0.3) is 6.08 Å². The topological polar surface area (TPSA) is 61.8 Å². The van der Waals surface area contributed by atoms with E-state index in [2.05, 4.69) is 15.9 Å². The summed E-state index contributed by atoms with van der Waals surface area (Å²) in [7, 11) is 1.35. The number of methoxy groups -OCH3 is 1. The fraction of sp³-hybridized carbons (Fsp3) is 0.0833. The summed E-state index contributed by atoms with van der Waals surface area (Å²) in [5.41, 5.74) is 2.74. The number of rotatable bonds is 5. The van der Waals surface area contributed by atoms with Gasteiger partial charge < -0.3 is 14.2 Å². The van der Waals surface area contributed by atoms with Gasteiger partial charge in [-0.1, -0.05) is 46.3 Å². The summed E-state index contributed by atoms with van der Waals surface area (Å²) < 4.78 is 17.2. The molecule has 1 aliphatic heterocycles. The summed E-state index contributed by atoms with van der Waals surface area (Å²) in [6, 6.07) is 19.7. The molecule has 0 unspecified atom stereocenters. The molecule has 1 heterocycles. The highest BCUT2D eigenvalue weighted by atomic mass is 79.9. The van der Waals surface area contributed by atoms with Gasteiger partial charge in [0.15, 0.2) is 5.76 Å². The lowest BCUT2D eigenvalue weighted by atomic mass is 10.1. The molecule has 0 aliphatic carbocycles. The molecule has 0 fully saturated rings. The van der Waals surface area contributed by atoms with Crippen molar-refractivity contribution in [2.75, 3.05) is 7.11 Å². The molecule has 150 valence electrons. The predicted octanol–water partition coefficient (Wildman–Crippen LogP) is 5.43. The summed E-state index contributed by atoms with van der Waals surface area (Å²) in [5, 5.41) is 0. The summed E-state index contributed by atoms with van der Waals surface area (Å²) in [5.74, 6) is 0.782. The molecular weight excluding hydrogens is 448 g/mol. The van der Waals surface area contributed by atoms with Crippen molar-refractivity contribution in [3.63, 3.8) is 0 Å². The maximum absolute atomic E-state index is 12.6. The van der Waals surface area contributed by atoms with Gasteiger partial charge in [0.05, 0.1) is 18.2 Å². The highest BCUT2D eigenvalue weighted by Gasteiger charge is 2.28. The lowest BCUT2D eigenvalue weighted by Crippen LogP contribution is -2.02. The molecule has 5 nitrogen and oxygen atoms in total. The molecule has 0 N–H and O–H groups in total. The second-order valence-electron chi connectivity index (χ2n) is 6.60. The Hall–Kier alpha value is -3.38. The number of benzene rings is 3. The van der Waals surface area contributed by atoms with Crippen LogP contribution in [0.5, 0.6) is 11.5 Å². The third kappa shape index (κ3) is 4.14. The number of fused-ring (bicyclic) bond motifs is 1. The molecule has 4 rings (SSSR count). The first-order valence-corrected chi connectivity index (χ1v) is 9.97. The monoisotopic (exact) mass is 464 g/mol. The molecule has 1 aliphatic rings. The van der Waals surface area contributed by atoms with Crippen molar-refractivity contribution in [1.29, 1.82) is 0 Å². The zero-order valence-electron chi connectivity index (χ0n) is 16.1. The van der Waals surface area contributed by atoms with Crippen molar-refractivity contribution in [3.05, 3.63) is 99.2 Å². The fourth-order valence-corrected chi connectivity index (χ4v) is 3.41. The number of allylic oxidation sites excluding steroid dienone is 1. The number of Topliss-reactive ketones (excluding diaryl/α,β-unsaturated/α-hetero) is 1. The minimum atomic E-state index is -0.380. The van der Waals surface area contributed by atoms with Crippen LogP contribution in [0, 0.1) is 0 Å². The van der Waals surface area contributed by atoms with Gasteiger partial charge >= 0.3 is 5.97 Å². The number of carbonyl (C=O) groups is 2. The van der Waals surface area contributed by atoms with Crippen LogP contribution >= 0.6 is 15.9 Å². The van der Waals surface area contributed by atoms with Crippen molar-refractivity contribution in [1.82, 2.24) is 0 Å². The van der Waals surface area contributed by atoms with Gasteiger partial charge in [0.25, 0.3) is 0 Å². The second-order valence-corrected chi connectivity index (χ2v) is 7.45. The summed E-state index contributed by atoms with van der Waals surface area (Å²) in [6.07, 6.45) is 1.72. The Morgan fingerprint density at radius 1 is 1.07 bits per heavy atom. The van der Waals surface area contributed by atoms with Crippen LogP contribution in [0.1, 0.15) is 31.8 Å². The lowest BCUT2D eigenvalue weighted by molar-refractivity contribution is 0.0600. The van der Waals surface area contributed by atoms with Gasteiger partial charge in [-0.25, -0.2) is 4.79 Å². The number of hydrogen-bond acceptors (Lipinski definition) is 5. The third-order valence-electron chi connectivity index (χ3n) is 4.61. The number of ether oxygens (including phenoxy) is 3. The van der Waals surface area contributed by atoms with E-state index in [1.807, 2.05) is 24.3 Å². The molecule has 0 atom stereocenters. The maximum atomic E-state index is 12.6. The first-order chi connectivity index (χ1) is 14.5. The average molecular weight is 465 g/mol. The van der Waals surface area contributed by atoms with Crippen molar-refractivity contribution in [2.45, 2.75) is 6.61 Å². The molecule has 0 amide bonds. The van der Waals surface area contributed by atoms with E-state index in [1.54, 1.807) is 48.5 Å². The van der Waals surface area contributed by atoms with Gasteiger partial charge in [0.2, 0.25) is 5.78 Å². The van der Waals surface area contributed by atoms with Crippen LogP contribution in [0.3, 0.4) is 0 Å². The van der Waals surface area contributed by atoms with E-state index in [-0.39, 0.29) is 17.5 Å². The van der Waals surface area contributed by atoms with E-state index in [0.29, 0.717) is 29.2 Å². The molecule has 0 saturated carbocycles. The van der Waals surface area contributed by atoms with Gasteiger partial charge in [-0.2, -0.15) is 0 Å². The number of carbonyl (C=O) groups excluding carboxylic acids is 2. The van der Waals surface area contributed by atoms with Gasteiger partial charge in [0.1, 0.15) is 18.1 Å². The normalized spacial score (nSPS) is 13.7. The minimum Gasteiger partial charge on any atom is -0.489 e. The molecule has 0 saturated heterocycles. The largest absolute Gasteiger partial charge is 0.489 e. The summed E-state index contributed by atoms with van der Waals surface area (Å²) >= 11 is 3.47. The smallest absolute Gasteiger partial charge is 0.337 e. The standard InChI is InChI=1S/C24H17BrO5/c1-28-24(27)16-8-6-15(7-9-16)14-29-18-10-11-19-21(13-18)30-22(23(19)26)12-17-4-2-3-5-20(17)25/h2-13H,14H2,1H3/b22-12-. The van der Waals surface area contributed by atoms with Gasteiger partial charge in [-0.05, 0) is 47.5 Å². The van der Waals surface area contributed by atoms with Crippen molar-refractivity contribution in [3.8, 4) is 11.5 Å². The van der Waals surface area contributed by atoms with E-state index in [9.17, 15) is 9.59 Å². The minimum absolute atomic E-state index is 0.161. The molecule has 30 heavy (non-hydrogen) atoms.